The predicted molar refractivity (Wildman–Crippen MR) is 93.6 cm³/mol. The lowest BCUT2D eigenvalue weighted by atomic mass is 10.2. The molecule has 1 N–H and O–H groups in total. The Balaban J connectivity index is 2.37. The molecule has 0 bridgehead atoms. The Morgan fingerprint density at radius 1 is 1.08 bits per heavy atom. The molecule has 0 unspecified atom stereocenters. The van der Waals surface area contributed by atoms with Gasteiger partial charge in [0.15, 0.2) is 0 Å². The van der Waals surface area contributed by atoms with Crippen molar-refractivity contribution >= 4 is 37.0 Å². The summed E-state index contributed by atoms with van der Waals surface area (Å²) in [7, 11) is -2.82. The topological polar surface area (TPSA) is 85.6 Å². The largest absolute Gasteiger partial charge is 0.495 e. The number of halogens is 1. The van der Waals surface area contributed by atoms with Gasteiger partial charge in [0.1, 0.15) is 5.75 Å². The van der Waals surface area contributed by atoms with Crippen LogP contribution in [0.15, 0.2) is 62.7 Å². The van der Waals surface area contributed by atoms with Crippen LogP contribution in [0, 0.1) is 0 Å². The summed E-state index contributed by atoms with van der Waals surface area (Å²) in [6.07, 6.45) is 0. The second kappa shape index (κ2) is 6.04. The molecule has 6 nitrogen and oxygen atoms in total. The Morgan fingerprint density at radius 2 is 1.83 bits per heavy atom. The van der Waals surface area contributed by atoms with Crippen molar-refractivity contribution < 1.29 is 17.7 Å². The molecule has 0 fully saturated rings. The van der Waals surface area contributed by atoms with Gasteiger partial charge in [-0.1, -0.05) is 15.9 Å². The number of hydrogen-bond donors (Lipinski definition) is 1. The number of methoxy groups -OCH3 is 1. The van der Waals surface area contributed by atoms with Crippen molar-refractivity contribution in [2.45, 2.75) is 4.90 Å². The van der Waals surface area contributed by atoms with E-state index in [9.17, 15) is 17.8 Å². The zero-order valence-electron chi connectivity index (χ0n) is 12.4. The van der Waals surface area contributed by atoms with Crippen LogP contribution in [0.4, 0.5) is 0 Å². The minimum atomic E-state index is -4.32. The highest BCUT2D eigenvalue weighted by atomic mass is 79.9. The zero-order valence-corrected chi connectivity index (χ0v) is 14.8. The Labute approximate surface area is 146 Å². The number of ether oxygens (including phenoxy) is 1. The highest BCUT2D eigenvalue weighted by molar-refractivity contribution is 9.10. The van der Waals surface area contributed by atoms with Crippen molar-refractivity contribution in [3.63, 3.8) is 0 Å². The number of rotatable bonds is 3. The van der Waals surface area contributed by atoms with Gasteiger partial charge >= 0.3 is 0 Å². The third-order valence-electron chi connectivity index (χ3n) is 3.55. The van der Waals surface area contributed by atoms with Crippen molar-refractivity contribution in [1.29, 1.82) is 0 Å². The molecule has 1 aromatic heterocycles. The summed E-state index contributed by atoms with van der Waals surface area (Å²) < 4.78 is 39.3. The van der Waals surface area contributed by atoms with E-state index >= 15 is 0 Å². The Morgan fingerprint density at radius 3 is 2.50 bits per heavy atom. The first kappa shape index (κ1) is 16.7. The zero-order chi connectivity index (χ0) is 17.5. The van der Waals surface area contributed by atoms with E-state index in [1.807, 2.05) is 0 Å². The number of nitrogens with zero attached hydrogens (tertiary/aromatic N) is 1. The quantitative estimate of drug-likeness (QED) is 0.671. The first-order valence-corrected chi connectivity index (χ1v) is 9.02. The molecule has 3 aromatic rings. The van der Waals surface area contributed by atoms with Crippen LogP contribution in [-0.2, 0) is 10.1 Å². The standard InChI is InChI=1S/C16H12BrNO5S/c1-23-15-9-11(17)3-5-14(15)18-13-6-4-12(24(20,21)22)8-10(13)2-7-16(18)19/h2-9H,1H3,(H,20,21,22). The molecule has 0 aliphatic carbocycles. The lowest BCUT2D eigenvalue weighted by Gasteiger charge is -2.14. The van der Waals surface area contributed by atoms with Crippen molar-refractivity contribution in [2.24, 2.45) is 0 Å². The molecule has 2 aromatic carbocycles. The maximum absolute atomic E-state index is 12.4. The summed E-state index contributed by atoms with van der Waals surface area (Å²) in [5, 5.41) is 0.495. The molecule has 24 heavy (non-hydrogen) atoms. The summed E-state index contributed by atoms with van der Waals surface area (Å²) in [6.45, 7) is 0. The lowest BCUT2D eigenvalue weighted by molar-refractivity contribution is 0.412. The SMILES string of the molecule is COc1cc(Br)ccc1-n1c(=O)ccc2cc(S(=O)(=O)O)ccc21. The Bertz CT molecular complexity index is 1110. The van der Waals surface area contributed by atoms with Gasteiger partial charge in [-0.15, -0.1) is 0 Å². The second-order valence-electron chi connectivity index (χ2n) is 5.02. The highest BCUT2D eigenvalue weighted by Crippen LogP contribution is 2.28. The van der Waals surface area contributed by atoms with Crippen molar-refractivity contribution in [1.82, 2.24) is 4.57 Å². The maximum atomic E-state index is 12.4. The normalized spacial score (nSPS) is 11.6. The van der Waals surface area contributed by atoms with Gasteiger partial charge in [-0.2, -0.15) is 8.42 Å². The fourth-order valence-corrected chi connectivity index (χ4v) is 3.33. The van der Waals surface area contributed by atoms with E-state index in [0.29, 0.717) is 22.3 Å². The number of aromatic nitrogens is 1. The van der Waals surface area contributed by atoms with Crippen LogP contribution in [0.2, 0.25) is 0 Å². The summed E-state index contributed by atoms with van der Waals surface area (Å²) >= 11 is 3.35. The van der Waals surface area contributed by atoms with Gasteiger partial charge in [-0.3, -0.25) is 13.9 Å². The molecule has 8 heteroatoms. The summed E-state index contributed by atoms with van der Waals surface area (Å²) in [5.41, 5.74) is 0.731. The minimum absolute atomic E-state index is 0.233. The van der Waals surface area contributed by atoms with Crippen molar-refractivity contribution in [2.75, 3.05) is 7.11 Å². The fraction of sp³-hybridized carbons (Fsp3) is 0.0625. The van der Waals surface area contributed by atoms with Crippen LogP contribution >= 0.6 is 15.9 Å². The molecule has 0 aliphatic heterocycles. The summed E-state index contributed by atoms with van der Waals surface area (Å²) in [4.78, 5) is 12.2. The number of fused-ring (bicyclic) bond motifs is 1. The lowest BCUT2D eigenvalue weighted by Crippen LogP contribution is -2.18. The molecule has 0 aliphatic rings. The van der Waals surface area contributed by atoms with Gasteiger partial charge < -0.3 is 4.74 Å². The first-order chi connectivity index (χ1) is 11.3. The van der Waals surface area contributed by atoms with Crippen LogP contribution < -0.4 is 10.3 Å². The van der Waals surface area contributed by atoms with Crippen molar-refractivity contribution in [3.8, 4) is 11.4 Å². The molecule has 0 atom stereocenters. The van der Waals surface area contributed by atoms with Gasteiger partial charge in [0.25, 0.3) is 15.7 Å². The van der Waals surface area contributed by atoms with Crippen LogP contribution in [0.25, 0.3) is 16.6 Å². The first-order valence-electron chi connectivity index (χ1n) is 6.78. The van der Waals surface area contributed by atoms with Crippen LogP contribution in [0.3, 0.4) is 0 Å². The molecule has 3 rings (SSSR count). The van der Waals surface area contributed by atoms with Gasteiger partial charge in [0.05, 0.1) is 23.2 Å². The molecule has 0 spiro atoms. The van der Waals surface area contributed by atoms with E-state index in [2.05, 4.69) is 15.9 Å². The summed E-state index contributed by atoms with van der Waals surface area (Å²) in [5.74, 6) is 0.484. The monoisotopic (exact) mass is 409 g/mol. The molecule has 0 amide bonds. The fourth-order valence-electron chi connectivity index (χ4n) is 2.47. The van der Waals surface area contributed by atoms with E-state index in [0.717, 1.165) is 4.47 Å². The molecule has 0 saturated carbocycles. The van der Waals surface area contributed by atoms with E-state index in [4.69, 9.17) is 4.74 Å². The second-order valence-corrected chi connectivity index (χ2v) is 7.36. The van der Waals surface area contributed by atoms with Crippen molar-refractivity contribution in [3.05, 3.63) is 63.4 Å². The van der Waals surface area contributed by atoms with Crippen LogP contribution in [0.5, 0.6) is 5.75 Å². The van der Waals surface area contributed by atoms with Crippen LogP contribution in [0.1, 0.15) is 0 Å². The predicted octanol–water partition coefficient (Wildman–Crippen LogP) is 3.01. The maximum Gasteiger partial charge on any atom is 0.294 e. The van der Waals surface area contributed by atoms with E-state index in [1.54, 1.807) is 18.2 Å². The van der Waals surface area contributed by atoms with E-state index in [-0.39, 0.29) is 10.5 Å². The molecule has 124 valence electrons. The third kappa shape index (κ3) is 2.95. The van der Waals surface area contributed by atoms with E-state index < -0.39 is 10.1 Å². The van der Waals surface area contributed by atoms with Gasteiger partial charge in [-0.05, 0) is 42.5 Å². The average Bonchev–Trinajstić information content (AvgIpc) is 2.54. The summed E-state index contributed by atoms with van der Waals surface area (Å²) in [6, 6.07) is 12.1. The minimum Gasteiger partial charge on any atom is -0.495 e. The Hall–Kier alpha value is -2.16. The highest BCUT2D eigenvalue weighted by Gasteiger charge is 2.14. The molecule has 1 heterocycles. The molecular weight excluding hydrogens is 398 g/mol. The third-order valence-corrected chi connectivity index (χ3v) is 4.89. The smallest absolute Gasteiger partial charge is 0.294 e. The molecular formula is C16H12BrNO5S. The van der Waals surface area contributed by atoms with Gasteiger partial charge in [0, 0.05) is 15.9 Å². The average molecular weight is 410 g/mol. The molecule has 0 saturated heterocycles. The van der Waals surface area contributed by atoms with Gasteiger partial charge in [0.2, 0.25) is 0 Å². The Kier molecular flexibility index (Phi) is 4.20. The molecule has 0 radical (unpaired) electrons. The van der Waals surface area contributed by atoms with Crippen LogP contribution in [-0.4, -0.2) is 24.6 Å². The number of benzene rings is 2. The number of hydrogen-bond acceptors (Lipinski definition) is 4. The van der Waals surface area contributed by atoms with Gasteiger partial charge in [-0.25, -0.2) is 0 Å². The number of pyridine rings is 1. The van der Waals surface area contributed by atoms with E-state index in [1.165, 1.54) is 42.0 Å².